The molecule has 0 atom stereocenters. The van der Waals surface area contributed by atoms with E-state index in [4.69, 9.17) is 0 Å². The minimum absolute atomic E-state index is 0.249. The summed E-state index contributed by atoms with van der Waals surface area (Å²) < 4.78 is 0.956. The van der Waals surface area contributed by atoms with Crippen LogP contribution in [0.1, 0.15) is 25.7 Å². The molecule has 0 radical (unpaired) electrons. The second-order valence-corrected chi connectivity index (χ2v) is 5.40. The van der Waals surface area contributed by atoms with E-state index >= 15 is 0 Å². The molecule has 1 aliphatic heterocycles. The third-order valence-corrected chi connectivity index (χ3v) is 3.55. The van der Waals surface area contributed by atoms with E-state index < -0.39 is 0 Å². The molecular formula is C13H18BrN3O. The van der Waals surface area contributed by atoms with Gasteiger partial charge in [-0.3, -0.25) is 4.79 Å². The Hall–Kier alpha value is -1.10. The quantitative estimate of drug-likeness (QED) is 0.930. The maximum absolute atomic E-state index is 11.9. The Morgan fingerprint density at radius 2 is 2.11 bits per heavy atom. The van der Waals surface area contributed by atoms with Gasteiger partial charge in [0.15, 0.2) is 0 Å². The first-order valence-corrected chi connectivity index (χ1v) is 7.18. The van der Waals surface area contributed by atoms with E-state index in [0.29, 0.717) is 13.0 Å². The smallest absolute Gasteiger partial charge is 0.224 e. The number of nitrogens with one attached hydrogen (secondary N) is 1. The van der Waals surface area contributed by atoms with Gasteiger partial charge in [0.05, 0.1) is 0 Å². The van der Waals surface area contributed by atoms with Gasteiger partial charge in [0, 0.05) is 36.7 Å². The summed E-state index contributed by atoms with van der Waals surface area (Å²) >= 11 is 3.34. The SMILES string of the molecule is O=C(CCNc1ccc(Br)cn1)N1CCCCC1. The van der Waals surface area contributed by atoms with Crippen molar-refractivity contribution in [3.63, 3.8) is 0 Å². The summed E-state index contributed by atoms with van der Waals surface area (Å²) in [7, 11) is 0. The van der Waals surface area contributed by atoms with Crippen LogP contribution in [0.3, 0.4) is 0 Å². The number of piperidine rings is 1. The van der Waals surface area contributed by atoms with Gasteiger partial charge < -0.3 is 10.2 Å². The number of hydrogen-bond acceptors (Lipinski definition) is 3. The fourth-order valence-electron chi connectivity index (χ4n) is 2.08. The lowest BCUT2D eigenvalue weighted by Crippen LogP contribution is -2.36. The molecule has 1 saturated heterocycles. The molecule has 98 valence electrons. The molecule has 1 fully saturated rings. The van der Waals surface area contributed by atoms with Crippen LogP contribution in [0.4, 0.5) is 5.82 Å². The highest BCUT2D eigenvalue weighted by Crippen LogP contribution is 2.12. The van der Waals surface area contributed by atoms with Crippen molar-refractivity contribution in [2.75, 3.05) is 25.0 Å². The molecule has 0 bridgehead atoms. The molecule has 1 amide bonds. The summed E-state index contributed by atoms with van der Waals surface area (Å²) in [6.45, 7) is 2.49. The predicted octanol–water partition coefficient (Wildman–Crippen LogP) is 2.66. The van der Waals surface area contributed by atoms with Crippen LogP contribution < -0.4 is 5.32 Å². The van der Waals surface area contributed by atoms with Gasteiger partial charge in [-0.25, -0.2) is 4.98 Å². The number of rotatable bonds is 4. The van der Waals surface area contributed by atoms with E-state index in [0.717, 1.165) is 36.2 Å². The maximum atomic E-state index is 11.9. The zero-order valence-electron chi connectivity index (χ0n) is 10.4. The number of aromatic nitrogens is 1. The second kappa shape index (κ2) is 6.73. The molecule has 5 heteroatoms. The lowest BCUT2D eigenvalue weighted by Gasteiger charge is -2.26. The molecule has 0 aromatic carbocycles. The van der Waals surface area contributed by atoms with Gasteiger partial charge in [-0.15, -0.1) is 0 Å². The van der Waals surface area contributed by atoms with E-state index in [-0.39, 0.29) is 5.91 Å². The Balaban J connectivity index is 1.71. The first-order chi connectivity index (χ1) is 8.75. The van der Waals surface area contributed by atoms with Crippen molar-refractivity contribution in [2.45, 2.75) is 25.7 Å². The molecule has 1 N–H and O–H groups in total. The minimum Gasteiger partial charge on any atom is -0.370 e. The molecule has 18 heavy (non-hydrogen) atoms. The molecule has 1 aromatic rings. The van der Waals surface area contributed by atoms with Crippen molar-refractivity contribution in [2.24, 2.45) is 0 Å². The Bertz CT molecular complexity index is 388. The van der Waals surface area contributed by atoms with Gasteiger partial charge >= 0.3 is 0 Å². The van der Waals surface area contributed by atoms with Crippen LogP contribution in [-0.2, 0) is 4.79 Å². The van der Waals surface area contributed by atoms with Gasteiger partial charge in [-0.1, -0.05) is 0 Å². The fraction of sp³-hybridized carbons (Fsp3) is 0.538. The van der Waals surface area contributed by atoms with Gasteiger partial charge in [0.2, 0.25) is 5.91 Å². The van der Waals surface area contributed by atoms with Gasteiger partial charge in [0.25, 0.3) is 0 Å². The molecule has 0 saturated carbocycles. The number of carbonyl (C=O) groups is 1. The van der Waals surface area contributed by atoms with E-state index in [9.17, 15) is 4.79 Å². The highest BCUT2D eigenvalue weighted by atomic mass is 79.9. The van der Waals surface area contributed by atoms with Crippen LogP contribution >= 0.6 is 15.9 Å². The molecular weight excluding hydrogens is 294 g/mol. The normalized spacial score (nSPS) is 15.5. The summed E-state index contributed by atoms with van der Waals surface area (Å²) in [4.78, 5) is 18.1. The van der Waals surface area contributed by atoms with Crippen molar-refractivity contribution in [3.05, 3.63) is 22.8 Å². The number of amides is 1. The van der Waals surface area contributed by atoms with E-state index in [1.165, 1.54) is 6.42 Å². The van der Waals surface area contributed by atoms with Gasteiger partial charge in [-0.05, 0) is 47.3 Å². The molecule has 0 aliphatic carbocycles. The fourth-order valence-corrected chi connectivity index (χ4v) is 2.31. The highest BCUT2D eigenvalue weighted by molar-refractivity contribution is 9.10. The number of nitrogens with zero attached hydrogens (tertiary/aromatic N) is 2. The third-order valence-electron chi connectivity index (χ3n) is 3.08. The maximum Gasteiger partial charge on any atom is 0.224 e. The Morgan fingerprint density at radius 3 is 2.78 bits per heavy atom. The number of anilines is 1. The topological polar surface area (TPSA) is 45.2 Å². The van der Waals surface area contributed by atoms with Crippen molar-refractivity contribution in [1.29, 1.82) is 0 Å². The molecule has 1 aliphatic rings. The lowest BCUT2D eigenvalue weighted by atomic mass is 10.1. The molecule has 0 unspecified atom stereocenters. The largest absolute Gasteiger partial charge is 0.370 e. The first-order valence-electron chi connectivity index (χ1n) is 6.39. The highest BCUT2D eigenvalue weighted by Gasteiger charge is 2.15. The van der Waals surface area contributed by atoms with Gasteiger partial charge in [-0.2, -0.15) is 0 Å². The summed E-state index contributed by atoms with van der Waals surface area (Å²) in [6.07, 6.45) is 5.83. The lowest BCUT2D eigenvalue weighted by molar-refractivity contribution is -0.131. The summed E-state index contributed by atoms with van der Waals surface area (Å²) in [5.74, 6) is 1.06. The van der Waals surface area contributed by atoms with Crippen molar-refractivity contribution in [3.8, 4) is 0 Å². The molecule has 2 heterocycles. The van der Waals surface area contributed by atoms with Crippen LogP contribution in [0.5, 0.6) is 0 Å². The molecule has 4 nitrogen and oxygen atoms in total. The Labute approximate surface area is 116 Å². The van der Waals surface area contributed by atoms with E-state index in [1.54, 1.807) is 6.20 Å². The third kappa shape index (κ3) is 3.98. The summed E-state index contributed by atoms with van der Waals surface area (Å²) in [6, 6.07) is 3.83. The summed E-state index contributed by atoms with van der Waals surface area (Å²) in [5, 5.41) is 3.16. The zero-order valence-corrected chi connectivity index (χ0v) is 11.9. The standard InChI is InChI=1S/C13H18BrN3O/c14-11-4-5-12(16-10-11)15-7-6-13(18)17-8-2-1-3-9-17/h4-5,10H,1-3,6-9H2,(H,15,16). The zero-order chi connectivity index (χ0) is 12.8. The average molecular weight is 312 g/mol. The predicted molar refractivity (Wildman–Crippen MR) is 75.5 cm³/mol. The first kappa shape index (κ1) is 13.3. The molecule has 2 rings (SSSR count). The number of carbonyl (C=O) groups excluding carboxylic acids is 1. The van der Waals surface area contributed by atoms with E-state index in [2.05, 4.69) is 26.2 Å². The van der Waals surface area contributed by atoms with Crippen LogP contribution in [0.2, 0.25) is 0 Å². The Morgan fingerprint density at radius 1 is 1.33 bits per heavy atom. The molecule has 0 spiro atoms. The van der Waals surface area contributed by atoms with E-state index in [1.807, 2.05) is 17.0 Å². The van der Waals surface area contributed by atoms with Crippen molar-refractivity contribution < 1.29 is 4.79 Å². The number of pyridine rings is 1. The van der Waals surface area contributed by atoms with Crippen molar-refractivity contribution in [1.82, 2.24) is 9.88 Å². The monoisotopic (exact) mass is 311 g/mol. The minimum atomic E-state index is 0.249. The number of hydrogen-bond donors (Lipinski definition) is 1. The van der Waals surface area contributed by atoms with Crippen LogP contribution in [0, 0.1) is 0 Å². The molecule has 1 aromatic heterocycles. The van der Waals surface area contributed by atoms with Gasteiger partial charge in [0.1, 0.15) is 5.82 Å². The van der Waals surface area contributed by atoms with Crippen LogP contribution in [0.15, 0.2) is 22.8 Å². The van der Waals surface area contributed by atoms with Crippen LogP contribution in [0.25, 0.3) is 0 Å². The Kier molecular flexibility index (Phi) is 4.99. The summed E-state index contributed by atoms with van der Waals surface area (Å²) in [5.41, 5.74) is 0. The average Bonchev–Trinajstić information content (AvgIpc) is 2.42. The number of likely N-dealkylation sites (tertiary alicyclic amines) is 1. The second-order valence-electron chi connectivity index (χ2n) is 4.48. The number of halogens is 1. The van der Waals surface area contributed by atoms with Crippen molar-refractivity contribution >= 4 is 27.7 Å². The van der Waals surface area contributed by atoms with Crippen LogP contribution in [-0.4, -0.2) is 35.4 Å².